The number of methoxy groups -OCH3 is 1. The van der Waals surface area contributed by atoms with E-state index in [1.54, 1.807) is 14.2 Å². The SMILES string of the molecule is COCC1CCC(CO/C(=N\OC)c2ccccc2)CC1. The Morgan fingerprint density at radius 3 is 2.19 bits per heavy atom. The van der Waals surface area contributed by atoms with Crippen molar-refractivity contribution in [2.24, 2.45) is 17.0 Å². The smallest absolute Gasteiger partial charge is 0.257 e. The van der Waals surface area contributed by atoms with Crippen LogP contribution in [-0.4, -0.2) is 33.3 Å². The zero-order valence-corrected chi connectivity index (χ0v) is 13.0. The van der Waals surface area contributed by atoms with Crippen LogP contribution < -0.4 is 0 Å². The second kappa shape index (κ2) is 8.67. The third-order valence-corrected chi connectivity index (χ3v) is 4.02. The fraction of sp³-hybridized carbons (Fsp3) is 0.588. The largest absolute Gasteiger partial charge is 0.475 e. The maximum atomic E-state index is 5.90. The molecule has 0 saturated heterocycles. The molecule has 1 aromatic carbocycles. The van der Waals surface area contributed by atoms with E-state index >= 15 is 0 Å². The quantitative estimate of drug-likeness (QED) is 0.458. The Morgan fingerprint density at radius 1 is 1.00 bits per heavy atom. The first-order valence-electron chi connectivity index (χ1n) is 7.61. The van der Waals surface area contributed by atoms with Gasteiger partial charge >= 0.3 is 0 Å². The molecule has 0 N–H and O–H groups in total. The Labute approximate surface area is 127 Å². The molecule has 0 unspecified atom stereocenters. The van der Waals surface area contributed by atoms with Crippen molar-refractivity contribution in [2.75, 3.05) is 27.4 Å². The molecule has 0 aliphatic heterocycles. The lowest BCUT2D eigenvalue weighted by molar-refractivity contribution is 0.102. The molecule has 0 bridgehead atoms. The molecule has 1 aromatic rings. The van der Waals surface area contributed by atoms with E-state index in [2.05, 4.69) is 5.16 Å². The summed E-state index contributed by atoms with van der Waals surface area (Å²) < 4.78 is 11.1. The maximum absolute atomic E-state index is 5.90. The van der Waals surface area contributed by atoms with Crippen LogP contribution in [-0.2, 0) is 14.3 Å². The summed E-state index contributed by atoms with van der Waals surface area (Å²) in [4.78, 5) is 4.89. The van der Waals surface area contributed by atoms with Crippen molar-refractivity contribution < 1.29 is 14.3 Å². The molecule has 1 saturated carbocycles. The summed E-state index contributed by atoms with van der Waals surface area (Å²) in [6.07, 6.45) is 4.85. The summed E-state index contributed by atoms with van der Waals surface area (Å²) in [5.41, 5.74) is 0.951. The summed E-state index contributed by atoms with van der Waals surface area (Å²) in [5.74, 6) is 1.88. The molecule has 1 aliphatic rings. The minimum absolute atomic E-state index is 0.567. The lowest BCUT2D eigenvalue weighted by Gasteiger charge is -2.27. The highest BCUT2D eigenvalue weighted by Crippen LogP contribution is 2.29. The number of oxime groups is 1. The van der Waals surface area contributed by atoms with Crippen molar-refractivity contribution >= 4 is 5.90 Å². The van der Waals surface area contributed by atoms with Crippen molar-refractivity contribution in [1.29, 1.82) is 0 Å². The molecule has 4 heteroatoms. The minimum atomic E-state index is 0.567. The van der Waals surface area contributed by atoms with Gasteiger partial charge in [-0.2, -0.15) is 0 Å². The standard InChI is InChI=1S/C17H25NO3/c1-19-12-14-8-10-15(11-9-14)13-21-17(18-20-2)16-6-4-3-5-7-16/h3-7,14-15H,8-13H2,1-2H3/b18-17-. The Hall–Kier alpha value is -1.55. The van der Waals surface area contributed by atoms with Crippen molar-refractivity contribution in [3.63, 3.8) is 0 Å². The molecule has 0 atom stereocenters. The van der Waals surface area contributed by atoms with Crippen molar-refractivity contribution in [1.82, 2.24) is 0 Å². The van der Waals surface area contributed by atoms with Crippen LogP contribution in [0.2, 0.25) is 0 Å². The van der Waals surface area contributed by atoms with E-state index in [0.29, 0.717) is 24.3 Å². The average molecular weight is 291 g/mol. The van der Waals surface area contributed by atoms with E-state index in [1.807, 2.05) is 30.3 Å². The number of ether oxygens (including phenoxy) is 2. The van der Waals surface area contributed by atoms with E-state index in [0.717, 1.165) is 12.2 Å². The highest BCUT2D eigenvalue weighted by atomic mass is 16.6. The zero-order valence-electron chi connectivity index (χ0n) is 13.0. The fourth-order valence-corrected chi connectivity index (χ4v) is 2.82. The third kappa shape index (κ3) is 5.05. The van der Waals surface area contributed by atoms with E-state index in [4.69, 9.17) is 14.3 Å². The number of benzene rings is 1. The second-order valence-electron chi connectivity index (χ2n) is 5.60. The summed E-state index contributed by atoms with van der Waals surface area (Å²) in [6.45, 7) is 1.59. The van der Waals surface area contributed by atoms with Gasteiger partial charge in [0, 0.05) is 19.3 Å². The van der Waals surface area contributed by atoms with Gasteiger partial charge < -0.3 is 14.3 Å². The summed E-state index contributed by atoms with van der Waals surface area (Å²) in [6, 6.07) is 9.88. The van der Waals surface area contributed by atoms with Crippen LogP contribution in [0, 0.1) is 11.8 Å². The number of hydrogen-bond acceptors (Lipinski definition) is 4. The van der Waals surface area contributed by atoms with Crippen molar-refractivity contribution in [3.05, 3.63) is 35.9 Å². The molecular weight excluding hydrogens is 266 g/mol. The molecule has 1 aliphatic carbocycles. The van der Waals surface area contributed by atoms with Gasteiger partial charge in [0.1, 0.15) is 7.11 Å². The number of rotatable bonds is 6. The third-order valence-electron chi connectivity index (χ3n) is 4.02. The molecule has 0 amide bonds. The Bertz CT molecular complexity index is 425. The van der Waals surface area contributed by atoms with Crippen LogP contribution in [0.1, 0.15) is 31.2 Å². The number of nitrogens with zero attached hydrogens (tertiary/aromatic N) is 1. The molecule has 1 fully saturated rings. The van der Waals surface area contributed by atoms with E-state index in [-0.39, 0.29) is 0 Å². The van der Waals surface area contributed by atoms with Crippen LogP contribution in [0.3, 0.4) is 0 Å². The molecule has 0 spiro atoms. The fourth-order valence-electron chi connectivity index (χ4n) is 2.82. The molecular formula is C17H25NO3. The highest BCUT2D eigenvalue weighted by Gasteiger charge is 2.22. The summed E-state index contributed by atoms with van der Waals surface area (Å²) in [5, 5.41) is 4.00. The minimum Gasteiger partial charge on any atom is -0.475 e. The molecule has 116 valence electrons. The van der Waals surface area contributed by atoms with Crippen LogP contribution in [0.4, 0.5) is 0 Å². The van der Waals surface area contributed by atoms with Gasteiger partial charge in [-0.3, -0.25) is 0 Å². The molecule has 2 rings (SSSR count). The Morgan fingerprint density at radius 2 is 1.62 bits per heavy atom. The normalized spacial score (nSPS) is 22.9. The van der Waals surface area contributed by atoms with Gasteiger partial charge in [0.2, 0.25) is 0 Å². The lowest BCUT2D eigenvalue weighted by Crippen LogP contribution is -2.23. The van der Waals surface area contributed by atoms with Crippen LogP contribution in [0.15, 0.2) is 35.5 Å². The van der Waals surface area contributed by atoms with Gasteiger partial charge in [-0.15, -0.1) is 0 Å². The van der Waals surface area contributed by atoms with Crippen molar-refractivity contribution in [2.45, 2.75) is 25.7 Å². The predicted molar refractivity (Wildman–Crippen MR) is 83.3 cm³/mol. The highest BCUT2D eigenvalue weighted by molar-refractivity contribution is 5.93. The van der Waals surface area contributed by atoms with Gasteiger partial charge in [0.05, 0.1) is 6.61 Å². The summed E-state index contributed by atoms with van der Waals surface area (Å²) in [7, 11) is 3.32. The molecule has 4 nitrogen and oxygen atoms in total. The van der Waals surface area contributed by atoms with Gasteiger partial charge in [0.25, 0.3) is 5.90 Å². The monoisotopic (exact) mass is 291 g/mol. The van der Waals surface area contributed by atoms with Gasteiger partial charge in [0.15, 0.2) is 0 Å². The van der Waals surface area contributed by atoms with Crippen LogP contribution in [0.25, 0.3) is 0 Å². The first-order valence-corrected chi connectivity index (χ1v) is 7.61. The van der Waals surface area contributed by atoms with E-state index in [1.165, 1.54) is 25.7 Å². The summed E-state index contributed by atoms with van der Waals surface area (Å²) >= 11 is 0. The van der Waals surface area contributed by atoms with E-state index in [9.17, 15) is 0 Å². The number of hydrogen-bond donors (Lipinski definition) is 0. The molecule has 21 heavy (non-hydrogen) atoms. The molecule has 0 aromatic heterocycles. The van der Waals surface area contributed by atoms with E-state index < -0.39 is 0 Å². The Balaban J connectivity index is 1.82. The predicted octanol–water partition coefficient (Wildman–Crippen LogP) is 3.46. The first-order chi connectivity index (χ1) is 10.3. The second-order valence-corrected chi connectivity index (χ2v) is 5.60. The van der Waals surface area contributed by atoms with Gasteiger partial charge in [-0.05, 0) is 54.8 Å². The molecule has 0 heterocycles. The zero-order chi connectivity index (χ0) is 14.9. The maximum Gasteiger partial charge on any atom is 0.257 e. The van der Waals surface area contributed by atoms with Crippen LogP contribution >= 0.6 is 0 Å². The van der Waals surface area contributed by atoms with Gasteiger partial charge in [-0.25, -0.2) is 0 Å². The topological polar surface area (TPSA) is 40.0 Å². The lowest BCUT2D eigenvalue weighted by atomic mass is 9.83. The van der Waals surface area contributed by atoms with Gasteiger partial charge in [-0.1, -0.05) is 18.2 Å². The van der Waals surface area contributed by atoms with Crippen molar-refractivity contribution in [3.8, 4) is 0 Å². The first kappa shape index (κ1) is 15.8. The Kier molecular flexibility index (Phi) is 6.54. The molecule has 0 radical (unpaired) electrons. The average Bonchev–Trinajstić information content (AvgIpc) is 2.54. The van der Waals surface area contributed by atoms with Crippen LogP contribution in [0.5, 0.6) is 0 Å².